The van der Waals surface area contributed by atoms with Crippen LogP contribution in [-0.4, -0.2) is 16.8 Å². The van der Waals surface area contributed by atoms with Crippen molar-refractivity contribution in [3.8, 4) is 5.75 Å². The fraction of sp³-hybridized carbons (Fsp3) is 0.524. The Morgan fingerprint density at radius 1 is 1.12 bits per heavy atom. The van der Waals surface area contributed by atoms with Crippen molar-refractivity contribution in [3.63, 3.8) is 0 Å². The quantitative estimate of drug-likeness (QED) is 0.317. The number of rotatable bonds is 11. The van der Waals surface area contributed by atoms with Crippen molar-refractivity contribution in [1.29, 1.82) is 0 Å². The second-order valence-electron chi connectivity index (χ2n) is 6.85. The summed E-state index contributed by atoms with van der Waals surface area (Å²) in [5.74, 6) is 0.350. The molecule has 0 saturated carbocycles. The summed E-state index contributed by atoms with van der Waals surface area (Å²) < 4.78 is 5.37. The van der Waals surface area contributed by atoms with E-state index in [1.807, 2.05) is 0 Å². The first-order valence-corrected chi connectivity index (χ1v) is 9.88. The molecule has 26 heavy (non-hydrogen) atoms. The van der Waals surface area contributed by atoms with Crippen LogP contribution in [0.2, 0.25) is 0 Å². The monoisotopic (exact) mass is 378 g/mol. The molecule has 2 aromatic rings. The fourth-order valence-electron chi connectivity index (χ4n) is 3.40. The highest BCUT2D eigenvalue weighted by atomic mass is 35.5. The zero-order valence-electron chi connectivity index (χ0n) is 15.3. The molecule has 1 N–H and O–H groups in total. The second kappa shape index (κ2) is 10.4. The number of Topliss-reactive ketones (excluding diaryl/α,β-unsaturated/α-hetero) is 1. The van der Waals surface area contributed by atoms with Crippen LogP contribution in [0.15, 0.2) is 33.5 Å². The molecule has 1 aromatic carbocycles. The highest BCUT2D eigenvalue weighted by Crippen LogP contribution is 2.35. The summed E-state index contributed by atoms with van der Waals surface area (Å²) in [6.07, 6.45) is 7.31. The van der Waals surface area contributed by atoms with E-state index in [0.29, 0.717) is 23.3 Å². The maximum absolute atomic E-state index is 12.4. The van der Waals surface area contributed by atoms with Crippen LogP contribution >= 0.6 is 11.6 Å². The Kier molecular flexibility index (Phi) is 8.17. The van der Waals surface area contributed by atoms with Gasteiger partial charge in [-0.1, -0.05) is 44.2 Å². The number of ketones is 1. The third-order valence-corrected chi connectivity index (χ3v) is 4.97. The van der Waals surface area contributed by atoms with Crippen molar-refractivity contribution in [2.75, 3.05) is 5.88 Å². The molecule has 0 bridgehead atoms. The topological polar surface area (TPSA) is 67.5 Å². The highest BCUT2D eigenvalue weighted by molar-refractivity contribution is 6.17. The molecule has 0 fully saturated rings. The van der Waals surface area contributed by atoms with Crippen molar-refractivity contribution < 1.29 is 14.3 Å². The first kappa shape index (κ1) is 20.5. The van der Waals surface area contributed by atoms with Crippen LogP contribution in [0, 0.1) is 0 Å². The van der Waals surface area contributed by atoms with E-state index < -0.39 is 5.63 Å². The molecule has 0 amide bonds. The van der Waals surface area contributed by atoms with Crippen molar-refractivity contribution in [1.82, 2.24) is 0 Å². The van der Waals surface area contributed by atoms with E-state index in [-0.39, 0.29) is 29.4 Å². The molecule has 142 valence electrons. The van der Waals surface area contributed by atoms with Gasteiger partial charge >= 0.3 is 5.63 Å². The Morgan fingerprint density at radius 2 is 1.77 bits per heavy atom. The number of hydrogen-bond donors (Lipinski definition) is 1. The molecule has 0 aliphatic carbocycles. The van der Waals surface area contributed by atoms with Gasteiger partial charge in [0.2, 0.25) is 0 Å². The molecule has 4 nitrogen and oxygen atoms in total. The number of unbranched alkanes of at least 4 members (excludes halogenated alkanes) is 5. The lowest BCUT2D eigenvalue weighted by Gasteiger charge is -2.17. The number of carbonyl (C=O) groups is 1. The predicted molar refractivity (Wildman–Crippen MR) is 105 cm³/mol. The van der Waals surface area contributed by atoms with Crippen molar-refractivity contribution >= 4 is 28.4 Å². The number of benzene rings is 1. The van der Waals surface area contributed by atoms with Crippen LogP contribution in [0.1, 0.15) is 69.8 Å². The third-order valence-electron chi connectivity index (χ3n) is 4.70. The van der Waals surface area contributed by atoms with E-state index >= 15 is 0 Å². The van der Waals surface area contributed by atoms with Crippen LogP contribution < -0.4 is 5.63 Å². The molecule has 0 aliphatic rings. The zero-order chi connectivity index (χ0) is 18.9. The third kappa shape index (κ3) is 5.60. The van der Waals surface area contributed by atoms with Gasteiger partial charge in [0, 0.05) is 18.2 Å². The normalized spacial score (nSPS) is 12.4. The van der Waals surface area contributed by atoms with Crippen LogP contribution in [-0.2, 0) is 4.79 Å². The summed E-state index contributed by atoms with van der Waals surface area (Å²) in [6.45, 7) is 1.51. The molecule has 1 atom stereocenters. The maximum atomic E-state index is 12.4. The lowest BCUT2D eigenvalue weighted by Crippen LogP contribution is -2.15. The molecule has 1 unspecified atom stereocenters. The summed E-state index contributed by atoms with van der Waals surface area (Å²) in [5.41, 5.74) is 0.0511. The first-order valence-electron chi connectivity index (χ1n) is 9.34. The Morgan fingerprint density at radius 3 is 2.46 bits per heavy atom. The Bertz CT molecular complexity index is 781. The Labute approximate surface area is 159 Å². The van der Waals surface area contributed by atoms with E-state index in [1.165, 1.54) is 6.92 Å². The largest absolute Gasteiger partial charge is 0.507 e. The second-order valence-corrected chi connectivity index (χ2v) is 7.23. The van der Waals surface area contributed by atoms with Gasteiger partial charge in [-0.2, -0.15) is 0 Å². The van der Waals surface area contributed by atoms with Gasteiger partial charge in [-0.25, -0.2) is 4.79 Å². The SMILES string of the molecule is CC(=O)CC(CCCCCCCCCl)c1c(O)c2ccccc2oc1=O. The summed E-state index contributed by atoms with van der Waals surface area (Å²) >= 11 is 5.68. The Balaban J connectivity index is 2.12. The van der Waals surface area contributed by atoms with E-state index in [0.717, 1.165) is 38.5 Å². The standard InChI is InChI=1S/C21H27ClO4/c1-15(23)14-16(10-6-4-2-3-5-9-13-22)19-20(24)17-11-7-8-12-18(17)26-21(19)25/h7-8,11-12,16,24H,2-6,9-10,13-14H2,1H3. The number of hydrogen-bond acceptors (Lipinski definition) is 4. The lowest BCUT2D eigenvalue weighted by molar-refractivity contribution is -0.117. The molecule has 5 heteroatoms. The van der Waals surface area contributed by atoms with Gasteiger partial charge in [0.1, 0.15) is 17.1 Å². The van der Waals surface area contributed by atoms with E-state index in [1.54, 1.807) is 24.3 Å². The molecule has 0 saturated heterocycles. The number of alkyl halides is 1. The minimum Gasteiger partial charge on any atom is -0.507 e. The van der Waals surface area contributed by atoms with Crippen LogP contribution in [0.25, 0.3) is 11.0 Å². The number of para-hydroxylation sites is 1. The molecular weight excluding hydrogens is 352 g/mol. The molecule has 2 rings (SSSR count). The first-order chi connectivity index (χ1) is 12.5. The van der Waals surface area contributed by atoms with E-state index in [9.17, 15) is 14.7 Å². The Hall–Kier alpha value is -1.81. The van der Waals surface area contributed by atoms with Crippen molar-refractivity contribution in [2.24, 2.45) is 0 Å². The van der Waals surface area contributed by atoms with Gasteiger partial charge in [-0.05, 0) is 31.9 Å². The van der Waals surface area contributed by atoms with Gasteiger partial charge in [0.05, 0.1) is 10.9 Å². The zero-order valence-corrected chi connectivity index (χ0v) is 16.1. The highest BCUT2D eigenvalue weighted by Gasteiger charge is 2.24. The minimum atomic E-state index is -0.547. The fourth-order valence-corrected chi connectivity index (χ4v) is 3.58. The number of fused-ring (bicyclic) bond motifs is 1. The summed E-state index contributed by atoms with van der Waals surface area (Å²) in [5, 5.41) is 11.1. The van der Waals surface area contributed by atoms with Crippen LogP contribution in [0.4, 0.5) is 0 Å². The maximum Gasteiger partial charge on any atom is 0.343 e. The molecule has 1 heterocycles. The van der Waals surface area contributed by atoms with E-state index in [4.69, 9.17) is 16.0 Å². The molecule has 0 spiro atoms. The average Bonchev–Trinajstić information content (AvgIpc) is 2.60. The molecule has 0 aliphatic heterocycles. The van der Waals surface area contributed by atoms with Crippen LogP contribution in [0.3, 0.4) is 0 Å². The lowest BCUT2D eigenvalue weighted by atomic mass is 9.88. The van der Waals surface area contributed by atoms with Crippen molar-refractivity contribution in [3.05, 3.63) is 40.2 Å². The minimum absolute atomic E-state index is 0.00377. The van der Waals surface area contributed by atoms with E-state index in [2.05, 4.69) is 0 Å². The van der Waals surface area contributed by atoms with Gasteiger partial charge in [-0.15, -0.1) is 11.6 Å². The smallest absolute Gasteiger partial charge is 0.343 e. The van der Waals surface area contributed by atoms with Crippen LogP contribution in [0.5, 0.6) is 5.75 Å². The summed E-state index contributed by atoms with van der Waals surface area (Å²) in [4.78, 5) is 24.1. The van der Waals surface area contributed by atoms with Gasteiger partial charge in [0.15, 0.2) is 0 Å². The average molecular weight is 379 g/mol. The number of aromatic hydroxyl groups is 1. The molecule has 1 aromatic heterocycles. The summed E-state index contributed by atoms with van der Waals surface area (Å²) in [6, 6.07) is 6.91. The van der Waals surface area contributed by atoms with Gasteiger partial charge in [-0.3, -0.25) is 0 Å². The van der Waals surface area contributed by atoms with Gasteiger partial charge in [0.25, 0.3) is 0 Å². The number of carbonyl (C=O) groups excluding carboxylic acids is 1. The summed E-state index contributed by atoms with van der Waals surface area (Å²) in [7, 11) is 0. The van der Waals surface area contributed by atoms with Crippen molar-refractivity contribution in [2.45, 2.75) is 64.2 Å². The molecular formula is C21H27ClO4. The molecule has 0 radical (unpaired) electrons. The number of halogens is 1. The predicted octanol–water partition coefficient (Wildman–Crippen LogP) is 5.53. The van der Waals surface area contributed by atoms with Gasteiger partial charge < -0.3 is 14.3 Å².